The number of hydrogen-bond acceptors (Lipinski definition) is 7. The van der Waals surface area contributed by atoms with Crippen LogP contribution < -0.4 is 0 Å². The van der Waals surface area contributed by atoms with E-state index in [9.17, 15) is 19.2 Å². The van der Waals surface area contributed by atoms with Crippen LogP contribution >= 0.6 is 0 Å². The summed E-state index contributed by atoms with van der Waals surface area (Å²) >= 11 is 0. The van der Waals surface area contributed by atoms with Gasteiger partial charge in [-0.2, -0.15) is 0 Å². The first-order valence-corrected chi connectivity index (χ1v) is 14.5. The molecule has 1 aromatic carbocycles. The number of ether oxygens (including phenoxy) is 3. The Labute approximate surface area is 243 Å². The lowest BCUT2D eigenvalue weighted by molar-refractivity contribution is -0.169. The normalized spacial score (nSPS) is 31.0. The van der Waals surface area contributed by atoms with E-state index >= 15 is 0 Å². The molecule has 6 unspecified atom stereocenters. The number of Topliss-reactive ketones (excluding diaryl/α,β-unsaturated/α-hetero) is 1. The highest BCUT2D eigenvalue weighted by atomic mass is 16.6. The fourth-order valence-corrected chi connectivity index (χ4v) is 6.88. The summed E-state index contributed by atoms with van der Waals surface area (Å²) in [5.41, 5.74) is 0.743. The summed E-state index contributed by atoms with van der Waals surface area (Å²) in [4.78, 5) is 51.6. The van der Waals surface area contributed by atoms with Gasteiger partial charge in [0, 0.05) is 26.3 Å². The first kappa shape index (κ1) is 30.5. The summed E-state index contributed by atoms with van der Waals surface area (Å²) in [6.07, 6.45) is 8.95. The van der Waals surface area contributed by atoms with E-state index in [1.165, 1.54) is 19.9 Å². The minimum Gasteiger partial charge on any atom is -0.461 e. The average Bonchev–Trinajstić information content (AvgIpc) is 3.31. The molecule has 7 heteroatoms. The molecular formula is C34H42O7. The Hall–Kier alpha value is -3.48. The zero-order valence-electron chi connectivity index (χ0n) is 25.0. The van der Waals surface area contributed by atoms with Crippen LogP contribution in [0.1, 0.15) is 72.8 Å². The Morgan fingerprint density at radius 2 is 1.73 bits per heavy atom. The highest BCUT2D eigenvalue weighted by Crippen LogP contribution is 2.62. The molecule has 0 spiro atoms. The van der Waals surface area contributed by atoms with Gasteiger partial charge >= 0.3 is 17.9 Å². The Balaban J connectivity index is 1.76. The zero-order valence-corrected chi connectivity index (χ0v) is 25.0. The van der Waals surface area contributed by atoms with Crippen LogP contribution in [-0.2, 0) is 33.4 Å². The fraction of sp³-hybridized carbons (Fsp3) is 0.529. The molecule has 2 saturated carbocycles. The largest absolute Gasteiger partial charge is 0.461 e. The van der Waals surface area contributed by atoms with Crippen molar-refractivity contribution in [1.29, 1.82) is 0 Å². The van der Waals surface area contributed by atoms with Gasteiger partial charge in [-0.3, -0.25) is 14.4 Å². The third-order valence-corrected chi connectivity index (χ3v) is 9.07. The lowest BCUT2D eigenvalue weighted by Gasteiger charge is -2.34. The molecule has 6 atom stereocenters. The monoisotopic (exact) mass is 562 g/mol. The number of hydrogen-bond donors (Lipinski definition) is 0. The number of ketones is 1. The highest BCUT2D eigenvalue weighted by Gasteiger charge is 2.61. The van der Waals surface area contributed by atoms with Gasteiger partial charge in [-0.1, -0.05) is 63.3 Å². The van der Waals surface area contributed by atoms with E-state index in [1.54, 1.807) is 13.0 Å². The predicted octanol–water partition coefficient (Wildman–Crippen LogP) is 6.03. The van der Waals surface area contributed by atoms with E-state index in [-0.39, 0.29) is 36.1 Å². The van der Waals surface area contributed by atoms with Crippen molar-refractivity contribution in [3.63, 3.8) is 0 Å². The summed E-state index contributed by atoms with van der Waals surface area (Å²) in [6, 6.07) is 9.41. The van der Waals surface area contributed by atoms with Crippen molar-refractivity contribution >= 4 is 29.8 Å². The molecule has 0 saturated heterocycles. The summed E-state index contributed by atoms with van der Waals surface area (Å²) < 4.78 is 17.4. The summed E-state index contributed by atoms with van der Waals surface area (Å²) in [5, 5.41) is 0. The SMILES string of the molecule is CC(=O)OCC1=CC2C(OC(=O)C=Cc3ccccc3)C(C)CC2(OC(C)=O)C(=O)C(C)=CC2C(CCC1)C2(C)C. The van der Waals surface area contributed by atoms with Gasteiger partial charge < -0.3 is 14.2 Å². The van der Waals surface area contributed by atoms with Crippen LogP contribution in [0.15, 0.2) is 59.7 Å². The number of allylic oxidation sites excluding steroid dienone is 1. The van der Waals surface area contributed by atoms with E-state index in [2.05, 4.69) is 13.8 Å². The molecule has 220 valence electrons. The Bertz CT molecular complexity index is 1270. The van der Waals surface area contributed by atoms with Gasteiger partial charge in [-0.25, -0.2) is 4.79 Å². The fourth-order valence-electron chi connectivity index (χ4n) is 6.88. The second kappa shape index (κ2) is 12.2. The van der Waals surface area contributed by atoms with Crippen molar-refractivity contribution in [2.45, 2.75) is 78.9 Å². The van der Waals surface area contributed by atoms with Gasteiger partial charge in [0.2, 0.25) is 5.78 Å². The van der Waals surface area contributed by atoms with Gasteiger partial charge in [0.05, 0.1) is 5.92 Å². The van der Waals surface area contributed by atoms with E-state index in [1.807, 2.05) is 49.4 Å². The lowest BCUT2D eigenvalue weighted by atomic mass is 9.80. The molecular weight excluding hydrogens is 520 g/mol. The molecule has 2 fully saturated rings. The smallest absolute Gasteiger partial charge is 0.331 e. The zero-order chi connectivity index (χ0) is 29.9. The van der Waals surface area contributed by atoms with Crippen molar-refractivity contribution < 1.29 is 33.4 Å². The van der Waals surface area contributed by atoms with Crippen LogP contribution in [0.2, 0.25) is 0 Å². The van der Waals surface area contributed by atoms with Crippen LogP contribution in [0, 0.1) is 29.1 Å². The van der Waals surface area contributed by atoms with Crippen LogP contribution in [0.5, 0.6) is 0 Å². The van der Waals surface area contributed by atoms with Gasteiger partial charge in [-0.15, -0.1) is 0 Å². The molecule has 1 aromatic rings. The molecule has 0 bridgehead atoms. The van der Waals surface area contributed by atoms with Crippen LogP contribution in [0.3, 0.4) is 0 Å². The molecule has 0 aromatic heterocycles. The van der Waals surface area contributed by atoms with Crippen LogP contribution in [0.25, 0.3) is 6.08 Å². The van der Waals surface area contributed by atoms with Crippen molar-refractivity contribution in [2.24, 2.45) is 29.1 Å². The molecule has 0 N–H and O–H groups in total. The van der Waals surface area contributed by atoms with Crippen LogP contribution in [0.4, 0.5) is 0 Å². The molecule has 3 aliphatic rings. The maximum absolute atomic E-state index is 14.3. The molecule has 0 heterocycles. The minimum atomic E-state index is -1.55. The topological polar surface area (TPSA) is 96.0 Å². The lowest BCUT2D eigenvalue weighted by Crippen LogP contribution is -2.48. The minimum absolute atomic E-state index is 0.0610. The molecule has 3 aliphatic carbocycles. The summed E-state index contributed by atoms with van der Waals surface area (Å²) in [7, 11) is 0. The predicted molar refractivity (Wildman–Crippen MR) is 155 cm³/mol. The van der Waals surface area contributed by atoms with Gasteiger partial charge in [0.15, 0.2) is 5.60 Å². The van der Waals surface area contributed by atoms with E-state index in [0.717, 1.165) is 24.0 Å². The number of esters is 3. The molecule has 7 nitrogen and oxygen atoms in total. The van der Waals surface area contributed by atoms with Crippen molar-refractivity contribution in [1.82, 2.24) is 0 Å². The third-order valence-electron chi connectivity index (χ3n) is 9.07. The second-order valence-corrected chi connectivity index (χ2v) is 12.5. The average molecular weight is 563 g/mol. The maximum atomic E-state index is 14.3. The maximum Gasteiger partial charge on any atom is 0.331 e. The first-order valence-electron chi connectivity index (χ1n) is 14.5. The molecule has 0 aliphatic heterocycles. The van der Waals surface area contributed by atoms with Gasteiger partial charge in [-0.05, 0) is 72.1 Å². The summed E-state index contributed by atoms with van der Waals surface area (Å²) in [5.74, 6) is -2.16. The molecule has 0 radical (unpaired) electrons. The van der Waals surface area contributed by atoms with E-state index < -0.39 is 35.5 Å². The van der Waals surface area contributed by atoms with E-state index in [0.29, 0.717) is 17.9 Å². The quantitative estimate of drug-likeness (QED) is 0.181. The molecule has 0 amide bonds. The standard InChI is InChI=1S/C34H42O7/c1-21-17-28-27(33(28,5)6)14-10-13-26(20-39-23(3)35)18-29-31(22(2)19-34(29,32(21)38)41-24(4)36)40-30(37)16-15-25-11-8-7-9-12-25/h7-9,11-12,15-18,22,27-29,31H,10,13-14,19-20H2,1-6H3. The van der Waals surface area contributed by atoms with Gasteiger partial charge in [0.25, 0.3) is 0 Å². The molecule has 41 heavy (non-hydrogen) atoms. The number of carbonyl (C=O) groups is 4. The molecule has 4 rings (SSSR count). The highest BCUT2D eigenvalue weighted by molar-refractivity contribution is 6.03. The Kier molecular flexibility index (Phi) is 9.05. The van der Waals surface area contributed by atoms with Crippen molar-refractivity contribution in [3.05, 3.63) is 65.3 Å². The number of carbonyl (C=O) groups excluding carboxylic acids is 4. The van der Waals surface area contributed by atoms with Gasteiger partial charge in [0.1, 0.15) is 12.7 Å². The van der Waals surface area contributed by atoms with Crippen molar-refractivity contribution in [3.8, 4) is 0 Å². The van der Waals surface area contributed by atoms with Crippen LogP contribution in [-0.4, -0.2) is 42.0 Å². The number of benzene rings is 1. The van der Waals surface area contributed by atoms with Crippen molar-refractivity contribution in [2.75, 3.05) is 6.61 Å². The summed E-state index contributed by atoms with van der Waals surface area (Å²) in [6.45, 7) is 10.8. The van der Waals surface area contributed by atoms with E-state index in [4.69, 9.17) is 14.2 Å². The Morgan fingerprint density at radius 3 is 2.39 bits per heavy atom. The first-order chi connectivity index (χ1) is 19.3. The third kappa shape index (κ3) is 6.71. The number of rotatable bonds is 6. The number of fused-ring (bicyclic) bond motifs is 2. The Morgan fingerprint density at radius 1 is 1.02 bits per heavy atom. The second-order valence-electron chi connectivity index (χ2n) is 12.5.